The predicted octanol–water partition coefficient (Wildman–Crippen LogP) is 5.15. The Morgan fingerprint density at radius 2 is 1.53 bits per heavy atom. The molecule has 2 aliphatic heterocycles. The fourth-order valence-electron chi connectivity index (χ4n) is 5.56. The van der Waals surface area contributed by atoms with Crippen LogP contribution in [0, 0.1) is 0 Å². The molecule has 1 unspecified atom stereocenters. The molecule has 5 nitrogen and oxygen atoms in total. The number of benzene rings is 2. The number of fused-ring (bicyclic) bond motifs is 1. The first kappa shape index (κ1) is 26.3. The summed E-state index contributed by atoms with van der Waals surface area (Å²) < 4.78 is 26.8. The number of hydrogen-bond acceptors (Lipinski definition) is 6. The average molecular weight is 590 g/mol. The minimum absolute atomic E-state index is 0.174. The Kier molecular flexibility index (Phi) is 6.88. The van der Waals surface area contributed by atoms with Gasteiger partial charge in [0.2, 0.25) is 5.79 Å². The molecule has 3 heterocycles. The van der Waals surface area contributed by atoms with E-state index in [1.54, 1.807) is 0 Å². The second-order valence-electron chi connectivity index (χ2n) is 10.9. The van der Waals surface area contributed by atoms with E-state index >= 15 is 0 Å². The van der Waals surface area contributed by atoms with Gasteiger partial charge >= 0.3 is 0 Å². The van der Waals surface area contributed by atoms with E-state index in [4.69, 9.17) is 18.6 Å². The van der Waals surface area contributed by atoms with Crippen molar-refractivity contribution in [3.8, 4) is 0 Å². The van der Waals surface area contributed by atoms with Crippen LogP contribution in [0.3, 0.4) is 0 Å². The fraction of sp³-hybridized carbons (Fsp3) is 0.429. The molecule has 3 aromatic rings. The zero-order valence-corrected chi connectivity index (χ0v) is 24.6. The first-order valence-electron chi connectivity index (χ1n) is 12.2. The third-order valence-electron chi connectivity index (χ3n) is 7.04. The Hall–Kier alpha value is -1.36. The van der Waals surface area contributed by atoms with E-state index in [2.05, 4.69) is 85.2 Å². The number of aliphatic hydroxyl groups is 1. The van der Waals surface area contributed by atoms with E-state index in [0.717, 1.165) is 4.47 Å². The van der Waals surface area contributed by atoms with Gasteiger partial charge in [-0.05, 0) is 56.6 Å². The molecule has 8 heteroatoms. The second-order valence-corrected chi connectivity index (χ2v) is 17.0. The third kappa shape index (κ3) is 4.35. The first-order valence-corrected chi connectivity index (χ1v) is 15.8. The molecule has 1 N–H and O–H groups in total. The van der Waals surface area contributed by atoms with Crippen LogP contribution in [0.4, 0.5) is 0 Å². The molecule has 2 fully saturated rings. The van der Waals surface area contributed by atoms with Crippen molar-refractivity contribution in [2.24, 2.45) is 0 Å². The minimum atomic E-state index is -2.78. The molecule has 2 saturated heterocycles. The molecule has 2 aliphatic rings. The molecule has 5 rings (SSSR count). The standard InChI is InChI=1S/C28H33BrO5SSi/c1-26(2,3)36(19-12-8-6-9-13-19,20-14-10-7-11-15-20)31-18-22-23-24(34-27(4,5)33-23)28(30,32-22)25-21(29)16-17-35-25/h6-17,22-24,30H,18H2,1-5H3/t22-,23-,24-,28?/m1/s1. The monoisotopic (exact) mass is 588 g/mol. The van der Waals surface area contributed by atoms with Crippen molar-refractivity contribution < 1.29 is 23.7 Å². The zero-order valence-electron chi connectivity index (χ0n) is 21.2. The molecular formula is C28H33BrO5SSi. The lowest BCUT2D eigenvalue weighted by atomic mass is 10.0. The molecule has 0 aliphatic carbocycles. The van der Waals surface area contributed by atoms with Gasteiger partial charge in [0.1, 0.15) is 18.3 Å². The summed E-state index contributed by atoms with van der Waals surface area (Å²) in [4.78, 5) is 0.673. The third-order valence-corrected chi connectivity index (χ3v) is 14.0. The molecule has 4 atom stereocenters. The van der Waals surface area contributed by atoms with Crippen LogP contribution in [0.2, 0.25) is 5.04 Å². The molecule has 192 valence electrons. The summed E-state index contributed by atoms with van der Waals surface area (Å²) >= 11 is 4.99. The molecular weight excluding hydrogens is 556 g/mol. The van der Waals surface area contributed by atoms with Crippen LogP contribution in [0.15, 0.2) is 76.6 Å². The van der Waals surface area contributed by atoms with Crippen LogP contribution in [0.5, 0.6) is 0 Å². The predicted molar refractivity (Wildman–Crippen MR) is 148 cm³/mol. The minimum Gasteiger partial charge on any atom is -0.405 e. The highest BCUT2D eigenvalue weighted by atomic mass is 79.9. The van der Waals surface area contributed by atoms with Gasteiger partial charge in [0.15, 0.2) is 5.79 Å². The fourth-order valence-corrected chi connectivity index (χ4v) is 11.9. The molecule has 0 radical (unpaired) electrons. The van der Waals surface area contributed by atoms with Crippen molar-refractivity contribution in [3.05, 3.63) is 81.5 Å². The summed E-state index contributed by atoms with van der Waals surface area (Å²) in [5, 5.41) is 16.0. The molecule has 0 spiro atoms. The lowest BCUT2D eigenvalue weighted by Crippen LogP contribution is -2.67. The van der Waals surface area contributed by atoms with Crippen molar-refractivity contribution in [3.63, 3.8) is 0 Å². The van der Waals surface area contributed by atoms with Crippen molar-refractivity contribution >= 4 is 46.0 Å². The summed E-state index contributed by atoms with van der Waals surface area (Å²) in [5.41, 5.74) is 0. The molecule has 2 aromatic carbocycles. The summed E-state index contributed by atoms with van der Waals surface area (Å²) in [6.07, 6.45) is -1.66. The van der Waals surface area contributed by atoms with Crippen molar-refractivity contribution in [2.45, 2.75) is 69.5 Å². The lowest BCUT2D eigenvalue weighted by Gasteiger charge is -2.43. The summed E-state index contributed by atoms with van der Waals surface area (Å²) in [7, 11) is -2.78. The normalized spacial score (nSPS) is 27.8. The Labute approximate surface area is 226 Å². The molecule has 0 saturated carbocycles. The van der Waals surface area contributed by atoms with Gasteiger partial charge in [-0.15, -0.1) is 11.3 Å². The Balaban J connectivity index is 1.54. The largest absolute Gasteiger partial charge is 0.405 e. The van der Waals surface area contributed by atoms with E-state index in [0.29, 0.717) is 4.88 Å². The van der Waals surface area contributed by atoms with Gasteiger partial charge in [0.05, 0.1) is 11.5 Å². The summed E-state index contributed by atoms with van der Waals surface area (Å²) in [6, 6.07) is 22.9. The van der Waals surface area contributed by atoms with Gasteiger partial charge in [0.25, 0.3) is 8.32 Å². The van der Waals surface area contributed by atoms with Gasteiger partial charge in [0, 0.05) is 4.47 Å². The number of halogens is 1. The highest BCUT2D eigenvalue weighted by Crippen LogP contribution is 2.51. The summed E-state index contributed by atoms with van der Waals surface area (Å²) in [5.74, 6) is -2.47. The van der Waals surface area contributed by atoms with E-state index in [1.807, 2.05) is 37.4 Å². The second kappa shape index (κ2) is 9.43. The molecule has 36 heavy (non-hydrogen) atoms. The van der Waals surface area contributed by atoms with E-state index in [1.165, 1.54) is 21.7 Å². The number of hydrogen-bond donors (Lipinski definition) is 1. The van der Waals surface area contributed by atoms with Crippen LogP contribution >= 0.6 is 27.3 Å². The average Bonchev–Trinajstić information content (AvgIpc) is 3.48. The van der Waals surface area contributed by atoms with Gasteiger partial charge < -0.3 is 23.7 Å². The van der Waals surface area contributed by atoms with Crippen LogP contribution in [-0.4, -0.2) is 44.1 Å². The van der Waals surface area contributed by atoms with Crippen LogP contribution in [0.25, 0.3) is 0 Å². The SMILES string of the molecule is CC1(C)O[C@H]2[C@@H](O1)C(O)(c1sccc1Br)O[C@@H]2CO[Si](c1ccccc1)(c1ccccc1)C(C)(C)C. The zero-order chi connectivity index (χ0) is 25.8. The maximum Gasteiger partial charge on any atom is 0.261 e. The quantitative estimate of drug-likeness (QED) is 0.403. The highest BCUT2D eigenvalue weighted by molar-refractivity contribution is 9.10. The molecule has 1 aromatic heterocycles. The summed E-state index contributed by atoms with van der Waals surface area (Å²) in [6.45, 7) is 10.7. The van der Waals surface area contributed by atoms with Crippen molar-refractivity contribution in [1.29, 1.82) is 0 Å². The van der Waals surface area contributed by atoms with Gasteiger partial charge in [-0.3, -0.25) is 0 Å². The smallest absolute Gasteiger partial charge is 0.261 e. The highest BCUT2D eigenvalue weighted by Gasteiger charge is 2.64. The number of thiophene rings is 1. The van der Waals surface area contributed by atoms with E-state index in [-0.39, 0.29) is 11.6 Å². The van der Waals surface area contributed by atoms with Gasteiger partial charge in [-0.1, -0.05) is 81.4 Å². The topological polar surface area (TPSA) is 57.2 Å². The number of ether oxygens (including phenoxy) is 3. The van der Waals surface area contributed by atoms with Crippen molar-refractivity contribution in [2.75, 3.05) is 6.61 Å². The lowest BCUT2D eigenvalue weighted by molar-refractivity contribution is -0.281. The van der Waals surface area contributed by atoms with Crippen molar-refractivity contribution in [1.82, 2.24) is 0 Å². The molecule has 0 amide bonds. The van der Waals surface area contributed by atoms with Crippen LogP contribution < -0.4 is 10.4 Å². The Morgan fingerprint density at radius 3 is 2.03 bits per heavy atom. The van der Waals surface area contributed by atoms with Gasteiger partial charge in [-0.2, -0.15) is 0 Å². The van der Waals surface area contributed by atoms with E-state index < -0.39 is 38.2 Å². The molecule has 0 bridgehead atoms. The van der Waals surface area contributed by atoms with Crippen LogP contribution in [0.1, 0.15) is 39.5 Å². The number of rotatable bonds is 6. The maximum atomic E-state index is 11.8. The maximum absolute atomic E-state index is 11.8. The van der Waals surface area contributed by atoms with E-state index in [9.17, 15) is 5.11 Å². The van der Waals surface area contributed by atoms with Crippen LogP contribution in [-0.2, 0) is 24.4 Å². The van der Waals surface area contributed by atoms with Gasteiger partial charge in [-0.25, -0.2) is 0 Å². The first-order chi connectivity index (χ1) is 17.0. The Bertz CT molecular complexity index is 1160. The Morgan fingerprint density at radius 1 is 0.944 bits per heavy atom.